The summed E-state index contributed by atoms with van der Waals surface area (Å²) in [6, 6.07) is 15.9. The number of nitriles is 1. The molecule has 2 aliphatic rings. The van der Waals surface area contributed by atoms with Gasteiger partial charge in [0.1, 0.15) is 17.5 Å². The second kappa shape index (κ2) is 16.6. The van der Waals surface area contributed by atoms with Crippen LogP contribution < -0.4 is 20.4 Å². The number of nitrogens with zero attached hydrogens (tertiary/aromatic N) is 8. The summed E-state index contributed by atoms with van der Waals surface area (Å²) in [5, 5.41) is 31.4. The summed E-state index contributed by atoms with van der Waals surface area (Å²) >= 11 is 0. The molecule has 0 spiro atoms. The smallest absolute Gasteiger partial charge is 0.323 e. The highest BCUT2D eigenvalue weighted by molar-refractivity contribution is 7.59. The molecule has 6 rings (SSSR count). The number of aliphatic hydroxyl groups is 1. The summed E-state index contributed by atoms with van der Waals surface area (Å²) in [5.41, 5.74) is 2.53. The van der Waals surface area contributed by atoms with Crippen LogP contribution in [-0.4, -0.2) is 66.1 Å². The van der Waals surface area contributed by atoms with Crippen molar-refractivity contribution in [2.24, 2.45) is 13.0 Å². The van der Waals surface area contributed by atoms with E-state index in [0.717, 1.165) is 48.8 Å². The Morgan fingerprint density at radius 1 is 1.02 bits per heavy atom. The third kappa shape index (κ3) is 8.69. The molecule has 14 heteroatoms. The summed E-state index contributed by atoms with van der Waals surface area (Å²) in [6.45, 7) is 6.90. The normalized spacial score (nSPS) is 20.2. The first-order chi connectivity index (χ1) is 23.1. The lowest BCUT2D eigenvalue weighted by molar-refractivity contribution is 0.0156. The molecule has 4 heterocycles. The van der Waals surface area contributed by atoms with E-state index in [9.17, 15) is 15.2 Å². The molecule has 1 aromatic carbocycles. The first kappa shape index (κ1) is 38.5. The van der Waals surface area contributed by atoms with E-state index in [2.05, 4.69) is 38.6 Å². The molecule has 0 unspecified atom stereocenters. The van der Waals surface area contributed by atoms with E-state index in [4.69, 9.17) is 9.97 Å². The summed E-state index contributed by atoms with van der Waals surface area (Å²) in [5.74, 6) is 1.76. The van der Waals surface area contributed by atoms with Crippen LogP contribution in [0, 0.1) is 17.2 Å². The topological polar surface area (TPSA) is 148 Å². The number of anilines is 3. The Balaban J connectivity index is 0.00000281. The maximum Gasteiger partial charge on any atom is 0.323 e. The number of aryl methyl sites for hydroxylation is 1. The first-order valence-corrected chi connectivity index (χ1v) is 16.7. The lowest BCUT2D eigenvalue weighted by Gasteiger charge is -2.36. The number of aromatic nitrogens is 5. The van der Waals surface area contributed by atoms with Crippen LogP contribution in [-0.2, 0) is 13.6 Å². The van der Waals surface area contributed by atoms with E-state index >= 15 is 0 Å². The Hall–Kier alpha value is -4.32. The average Bonchev–Trinajstić information content (AvgIpc) is 3.71. The van der Waals surface area contributed by atoms with Gasteiger partial charge < -0.3 is 20.6 Å². The molecule has 1 aliphatic heterocycles. The molecule has 266 valence electrons. The van der Waals surface area contributed by atoms with Gasteiger partial charge in [-0.05, 0) is 70.6 Å². The molecule has 4 aromatic rings. The van der Waals surface area contributed by atoms with Gasteiger partial charge in [0.25, 0.3) is 0 Å². The zero-order valence-electron chi connectivity index (χ0n) is 29.0. The number of rotatable bonds is 9. The molecule has 3 N–H and O–H groups in total. The minimum absolute atomic E-state index is 0. The van der Waals surface area contributed by atoms with E-state index in [1.165, 1.54) is 0 Å². The summed E-state index contributed by atoms with van der Waals surface area (Å²) in [6.07, 6.45) is 11.1. The van der Waals surface area contributed by atoms with Gasteiger partial charge in [-0.15, -0.1) is 0 Å². The Morgan fingerprint density at radius 3 is 2.36 bits per heavy atom. The van der Waals surface area contributed by atoms with Gasteiger partial charge in [0, 0.05) is 67.7 Å². The lowest BCUT2D eigenvalue weighted by Crippen LogP contribution is -2.49. The standard InChI is InChI=1S/C36H44N10O2.2H2S/c1-24-31(36(2,3)48)16-17-45(24)33-27(18-37)21-39-34(43-33)42-29-11-13-30(14-12-29)46(35(47)40-19-25-8-6-5-7-9-25)32-15-10-26(20-38-32)28-22-41-44(4)23-28;;/h5-10,15,20-24,29-31,48H,11-14,16-17,19H2,1-4H3,(H,40,47)(H,39,42,43);2*1H2/t24-,29?,30?,31-;;/m0../s1. The largest absolute Gasteiger partial charge is 0.390 e. The van der Waals surface area contributed by atoms with Crippen LogP contribution >= 0.6 is 27.0 Å². The molecular formula is C36H48N10O2S2. The summed E-state index contributed by atoms with van der Waals surface area (Å²) < 4.78 is 1.75. The first-order valence-electron chi connectivity index (χ1n) is 16.7. The van der Waals surface area contributed by atoms with Crippen molar-refractivity contribution in [3.05, 3.63) is 78.4 Å². The molecule has 1 saturated heterocycles. The minimum Gasteiger partial charge on any atom is -0.390 e. The average molecular weight is 717 g/mol. The quantitative estimate of drug-likeness (QED) is 0.204. The molecule has 2 atom stereocenters. The Labute approximate surface area is 308 Å². The van der Waals surface area contributed by atoms with Gasteiger partial charge in [0.05, 0.1) is 18.0 Å². The molecule has 0 radical (unpaired) electrons. The van der Waals surface area contributed by atoms with Crippen molar-refractivity contribution in [2.75, 3.05) is 21.7 Å². The van der Waals surface area contributed by atoms with Crippen molar-refractivity contribution in [2.45, 2.75) is 83.1 Å². The van der Waals surface area contributed by atoms with Gasteiger partial charge >= 0.3 is 6.03 Å². The maximum absolute atomic E-state index is 13.8. The molecule has 0 bridgehead atoms. The van der Waals surface area contributed by atoms with Crippen molar-refractivity contribution < 1.29 is 9.90 Å². The third-order valence-corrected chi connectivity index (χ3v) is 9.76. The zero-order chi connectivity index (χ0) is 33.8. The van der Waals surface area contributed by atoms with Crippen molar-refractivity contribution in [3.8, 4) is 17.2 Å². The van der Waals surface area contributed by atoms with Crippen LogP contribution in [0.15, 0.2) is 67.3 Å². The summed E-state index contributed by atoms with van der Waals surface area (Å²) in [7, 11) is 1.88. The van der Waals surface area contributed by atoms with Crippen molar-refractivity contribution in [1.29, 1.82) is 5.26 Å². The van der Waals surface area contributed by atoms with E-state index in [1.54, 1.807) is 28.2 Å². The van der Waals surface area contributed by atoms with Crippen LogP contribution in [0.1, 0.15) is 64.0 Å². The van der Waals surface area contributed by atoms with Gasteiger partial charge in [-0.1, -0.05) is 30.3 Å². The number of amides is 2. The summed E-state index contributed by atoms with van der Waals surface area (Å²) in [4.78, 5) is 31.7. The second-order valence-electron chi connectivity index (χ2n) is 13.5. The van der Waals surface area contributed by atoms with Gasteiger partial charge in [-0.2, -0.15) is 42.3 Å². The lowest BCUT2D eigenvalue weighted by atomic mass is 9.85. The van der Waals surface area contributed by atoms with Gasteiger partial charge in [0.15, 0.2) is 5.82 Å². The number of urea groups is 1. The fourth-order valence-corrected chi connectivity index (χ4v) is 7.17. The van der Waals surface area contributed by atoms with Gasteiger partial charge in [-0.25, -0.2) is 14.8 Å². The van der Waals surface area contributed by atoms with Crippen molar-refractivity contribution in [3.63, 3.8) is 0 Å². The fraction of sp³-hybridized carbons (Fsp3) is 0.444. The van der Waals surface area contributed by atoms with Gasteiger partial charge in [-0.3, -0.25) is 9.58 Å². The highest BCUT2D eigenvalue weighted by Crippen LogP contribution is 2.37. The molecule has 1 aliphatic carbocycles. The predicted molar refractivity (Wildman–Crippen MR) is 206 cm³/mol. The molecule has 1 saturated carbocycles. The third-order valence-electron chi connectivity index (χ3n) is 9.76. The van der Waals surface area contributed by atoms with E-state index < -0.39 is 5.60 Å². The van der Waals surface area contributed by atoms with Crippen molar-refractivity contribution in [1.82, 2.24) is 30.0 Å². The monoisotopic (exact) mass is 716 g/mol. The van der Waals surface area contributed by atoms with Crippen LogP contribution in [0.5, 0.6) is 0 Å². The maximum atomic E-state index is 13.8. The molecule has 12 nitrogen and oxygen atoms in total. The number of carbonyl (C=O) groups excluding carboxylic acids is 1. The predicted octanol–water partition coefficient (Wildman–Crippen LogP) is 5.49. The van der Waals surface area contributed by atoms with E-state index in [1.807, 2.05) is 69.6 Å². The highest BCUT2D eigenvalue weighted by atomic mass is 32.1. The SMILES string of the molecule is C[C@H]1[C@@H](C(C)(C)O)CCN1c1nc(NC2CCC(N(C(=O)NCc3ccccc3)c3ccc(-c4cnn(C)c4)cn3)CC2)ncc1C#N.S.S. The number of nitrogens with one attached hydrogen (secondary N) is 2. The Kier molecular flexibility index (Phi) is 12.8. The van der Waals surface area contributed by atoms with Crippen LogP contribution in [0.2, 0.25) is 0 Å². The number of hydrogen-bond donors (Lipinski definition) is 3. The Morgan fingerprint density at radius 2 is 1.76 bits per heavy atom. The molecule has 2 amide bonds. The van der Waals surface area contributed by atoms with Crippen LogP contribution in [0.4, 0.5) is 22.4 Å². The van der Waals surface area contributed by atoms with Crippen molar-refractivity contribution >= 4 is 50.6 Å². The van der Waals surface area contributed by atoms with Gasteiger partial charge in [0.2, 0.25) is 5.95 Å². The zero-order valence-corrected chi connectivity index (χ0v) is 31.0. The Bertz CT molecular complexity index is 1750. The molecular weight excluding hydrogens is 669 g/mol. The number of benzene rings is 1. The second-order valence-corrected chi connectivity index (χ2v) is 13.5. The van der Waals surface area contributed by atoms with Crippen LogP contribution in [0.25, 0.3) is 11.1 Å². The molecule has 50 heavy (non-hydrogen) atoms. The molecule has 3 aromatic heterocycles. The minimum atomic E-state index is -0.822. The fourth-order valence-electron chi connectivity index (χ4n) is 7.17. The highest BCUT2D eigenvalue weighted by Gasteiger charge is 2.41. The van der Waals surface area contributed by atoms with E-state index in [0.29, 0.717) is 36.2 Å². The van der Waals surface area contributed by atoms with E-state index in [-0.39, 0.29) is 57.1 Å². The van der Waals surface area contributed by atoms with Crippen LogP contribution in [0.3, 0.4) is 0 Å². The number of carbonyl (C=O) groups is 1. The number of hydrogen-bond acceptors (Lipinski definition) is 9. The molecule has 2 fully saturated rings. The number of pyridine rings is 1.